The van der Waals surface area contributed by atoms with Gasteiger partial charge < -0.3 is 5.73 Å². The summed E-state index contributed by atoms with van der Waals surface area (Å²) in [4.78, 5) is 4.52. The van der Waals surface area contributed by atoms with Gasteiger partial charge in [-0.05, 0) is 47.0 Å². The second-order valence-corrected chi connectivity index (χ2v) is 6.13. The van der Waals surface area contributed by atoms with E-state index in [0.29, 0.717) is 6.54 Å². The van der Waals surface area contributed by atoms with Gasteiger partial charge in [0.25, 0.3) is 0 Å². The van der Waals surface area contributed by atoms with Gasteiger partial charge in [0.05, 0.1) is 9.48 Å². The number of aryl methyl sites for hydroxylation is 2. The van der Waals surface area contributed by atoms with E-state index in [-0.39, 0.29) is 0 Å². The van der Waals surface area contributed by atoms with Crippen molar-refractivity contribution in [3.05, 3.63) is 38.1 Å². The van der Waals surface area contributed by atoms with Crippen LogP contribution in [0.25, 0.3) is 11.3 Å². The molecule has 2 rings (SSSR count). The molecular weight excluding hydrogens is 284 g/mol. The molecule has 0 aliphatic heterocycles. The molecule has 1 aromatic carbocycles. The molecule has 2 N–H and O–H groups in total. The number of rotatable bonds is 2. The van der Waals surface area contributed by atoms with E-state index in [1.807, 2.05) is 0 Å². The fraction of sp³-hybridized carbons (Fsp3) is 0.250. The lowest BCUT2D eigenvalue weighted by molar-refractivity contribution is 1.04. The zero-order valence-electron chi connectivity index (χ0n) is 9.25. The van der Waals surface area contributed by atoms with Crippen molar-refractivity contribution in [2.45, 2.75) is 20.4 Å². The molecule has 1 heterocycles. The zero-order chi connectivity index (χ0) is 11.7. The minimum atomic E-state index is 0.494. The van der Waals surface area contributed by atoms with Gasteiger partial charge in [-0.2, -0.15) is 0 Å². The Bertz CT molecular complexity index is 520. The lowest BCUT2D eigenvalue weighted by Crippen LogP contribution is -1.94. The average Bonchev–Trinajstić information content (AvgIpc) is 2.64. The summed E-state index contributed by atoms with van der Waals surface area (Å²) in [6.07, 6.45) is 0. The predicted molar refractivity (Wildman–Crippen MR) is 72.6 cm³/mol. The van der Waals surface area contributed by atoms with Crippen LogP contribution in [0.2, 0.25) is 0 Å². The molecule has 0 radical (unpaired) electrons. The minimum absolute atomic E-state index is 0.494. The lowest BCUT2D eigenvalue weighted by atomic mass is 10.1. The van der Waals surface area contributed by atoms with Crippen molar-refractivity contribution in [2.75, 3.05) is 0 Å². The normalized spacial score (nSPS) is 10.8. The Morgan fingerprint density at radius 2 is 2.06 bits per heavy atom. The van der Waals surface area contributed by atoms with E-state index in [1.165, 1.54) is 11.1 Å². The van der Waals surface area contributed by atoms with Crippen LogP contribution in [-0.2, 0) is 6.54 Å². The Morgan fingerprint density at radius 1 is 1.31 bits per heavy atom. The highest BCUT2D eigenvalue weighted by molar-refractivity contribution is 9.11. The van der Waals surface area contributed by atoms with Gasteiger partial charge in [0.2, 0.25) is 0 Å². The molecule has 0 bridgehead atoms. The molecule has 0 aliphatic carbocycles. The highest BCUT2D eigenvalue weighted by atomic mass is 79.9. The summed E-state index contributed by atoms with van der Waals surface area (Å²) in [5.74, 6) is 0. The van der Waals surface area contributed by atoms with Crippen molar-refractivity contribution in [3.8, 4) is 11.3 Å². The van der Waals surface area contributed by atoms with Gasteiger partial charge >= 0.3 is 0 Å². The fourth-order valence-electron chi connectivity index (χ4n) is 1.50. The van der Waals surface area contributed by atoms with Crippen LogP contribution in [0.5, 0.6) is 0 Å². The topological polar surface area (TPSA) is 38.9 Å². The van der Waals surface area contributed by atoms with Gasteiger partial charge in [0, 0.05) is 12.1 Å². The molecule has 16 heavy (non-hydrogen) atoms. The predicted octanol–water partition coefficient (Wildman–Crippen LogP) is 3.65. The zero-order valence-corrected chi connectivity index (χ0v) is 11.7. The Balaban J connectivity index is 2.49. The number of halogens is 1. The summed E-state index contributed by atoms with van der Waals surface area (Å²) in [6.45, 7) is 4.72. The Morgan fingerprint density at radius 3 is 2.62 bits per heavy atom. The maximum absolute atomic E-state index is 5.59. The molecule has 0 unspecified atom stereocenters. The second-order valence-electron chi connectivity index (χ2n) is 3.73. The van der Waals surface area contributed by atoms with Gasteiger partial charge in [-0.1, -0.05) is 12.1 Å². The molecule has 2 nitrogen and oxygen atoms in total. The van der Waals surface area contributed by atoms with Crippen LogP contribution in [0.3, 0.4) is 0 Å². The highest BCUT2D eigenvalue weighted by Crippen LogP contribution is 2.33. The van der Waals surface area contributed by atoms with E-state index in [0.717, 1.165) is 20.1 Å². The smallest absolute Gasteiger partial charge is 0.108 e. The Kier molecular flexibility index (Phi) is 3.42. The van der Waals surface area contributed by atoms with Crippen LogP contribution in [0.1, 0.15) is 16.1 Å². The molecule has 1 aromatic heterocycles. The molecule has 2 aromatic rings. The van der Waals surface area contributed by atoms with Crippen LogP contribution >= 0.6 is 27.3 Å². The Hall–Kier alpha value is -0.710. The molecule has 0 aliphatic rings. The highest BCUT2D eigenvalue weighted by Gasteiger charge is 2.10. The van der Waals surface area contributed by atoms with Gasteiger partial charge in [0.1, 0.15) is 5.01 Å². The Labute approximate surface area is 108 Å². The van der Waals surface area contributed by atoms with E-state index < -0.39 is 0 Å². The summed E-state index contributed by atoms with van der Waals surface area (Å²) in [5.41, 5.74) is 10.3. The molecule has 0 amide bonds. The van der Waals surface area contributed by atoms with E-state index in [9.17, 15) is 0 Å². The van der Waals surface area contributed by atoms with Crippen molar-refractivity contribution >= 4 is 27.3 Å². The van der Waals surface area contributed by atoms with Crippen molar-refractivity contribution in [2.24, 2.45) is 5.73 Å². The molecule has 84 valence electrons. The van der Waals surface area contributed by atoms with Crippen LogP contribution in [0.15, 0.2) is 22.0 Å². The molecule has 0 atom stereocenters. The SMILES string of the molecule is Cc1ccc(-c2nc(CN)sc2Br)cc1C. The minimum Gasteiger partial charge on any atom is -0.325 e. The first-order valence-corrected chi connectivity index (χ1v) is 6.65. The third-order valence-electron chi connectivity index (χ3n) is 2.59. The summed E-state index contributed by atoms with van der Waals surface area (Å²) in [5, 5.41) is 0.958. The molecule has 0 spiro atoms. The molecule has 0 saturated carbocycles. The van der Waals surface area contributed by atoms with Gasteiger partial charge in [0.15, 0.2) is 0 Å². The second kappa shape index (κ2) is 4.65. The van der Waals surface area contributed by atoms with Gasteiger partial charge in [-0.3, -0.25) is 0 Å². The van der Waals surface area contributed by atoms with Gasteiger partial charge in [-0.25, -0.2) is 4.98 Å². The number of aromatic nitrogens is 1. The number of hydrogen-bond donors (Lipinski definition) is 1. The number of nitrogens with two attached hydrogens (primary N) is 1. The maximum atomic E-state index is 5.59. The third-order valence-corrected chi connectivity index (χ3v) is 4.31. The van der Waals surface area contributed by atoms with E-state index >= 15 is 0 Å². The first-order valence-electron chi connectivity index (χ1n) is 5.04. The van der Waals surface area contributed by atoms with Crippen molar-refractivity contribution in [1.82, 2.24) is 4.98 Å². The first-order chi connectivity index (χ1) is 7.61. The number of nitrogens with zero attached hydrogens (tertiary/aromatic N) is 1. The number of hydrogen-bond acceptors (Lipinski definition) is 3. The quantitative estimate of drug-likeness (QED) is 0.919. The molecular formula is C12H13BrN2S. The lowest BCUT2D eigenvalue weighted by Gasteiger charge is -2.03. The van der Waals surface area contributed by atoms with Crippen LogP contribution < -0.4 is 5.73 Å². The first kappa shape index (κ1) is 11.8. The van der Waals surface area contributed by atoms with Crippen molar-refractivity contribution in [3.63, 3.8) is 0 Å². The van der Waals surface area contributed by atoms with E-state index in [4.69, 9.17) is 5.73 Å². The largest absolute Gasteiger partial charge is 0.325 e. The van der Waals surface area contributed by atoms with E-state index in [1.54, 1.807) is 11.3 Å². The summed E-state index contributed by atoms with van der Waals surface area (Å²) >= 11 is 5.14. The standard InChI is InChI=1S/C12H13BrN2S/c1-7-3-4-9(5-8(7)2)11-12(13)16-10(6-14)15-11/h3-5H,6,14H2,1-2H3. The average molecular weight is 297 g/mol. The number of benzene rings is 1. The summed E-state index contributed by atoms with van der Waals surface area (Å²) in [7, 11) is 0. The monoisotopic (exact) mass is 296 g/mol. The number of thiazole rings is 1. The maximum Gasteiger partial charge on any atom is 0.108 e. The van der Waals surface area contributed by atoms with Crippen LogP contribution in [0, 0.1) is 13.8 Å². The van der Waals surface area contributed by atoms with Crippen LogP contribution in [0.4, 0.5) is 0 Å². The van der Waals surface area contributed by atoms with Crippen molar-refractivity contribution in [1.29, 1.82) is 0 Å². The summed E-state index contributed by atoms with van der Waals surface area (Å²) < 4.78 is 1.05. The van der Waals surface area contributed by atoms with Crippen molar-refractivity contribution < 1.29 is 0 Å². The molecule has 4 heteroatoms. The van der Waals surface area contributed by atoms with Gasteiger partial charge in [-0.15, -0.1) is 11.3 Å². The fourth-order valence-corrected chi connectivity index (χ4v) is 3.06. The molecule has 0 fully saturated rings. The van der Waals surface area contributed by atoms with E-state index in [2.05, 4.69) is 53.0 Å². The molecule has 0 saturated heterocycles. The third kappa shape index (κ3) is 2.19. The summed E-state index contributed by atoms with van der Waals surface area (Å²) in [6, 6.07) is 6.39. The van der Waals surface area contributed by atoms with Crippen LogP contribution in [-0.4, -0.2) is 4.98 Å².